The number of nitrogens with zero attached hydrogens (tertiary/aromatic N) is 21. The third-order valence-corrected chi connectivity index (χ3v) is 30.5. The van der Waals surface area contributed by atoms with Gasteiger partial charge in [0.2, 0.25) is 0 Å². The van der Waals surface area contributed by atoms with Gasteiger partial charge >= 0.3 is 0 Å². The van der Waals surface area contributed by atoms with Crippen molar-refractivity contribution in [3.05, 3.63) is 205 Å². The summed E-state index contributed by atoms with van der Waals surface area (Å²) in [6, 6.07) is 31.5. The number of benzene rings is 5. The molecule has 44 heteroatoms. The molecule has 36 nitrogen and oxygen atoms in total. The first-order chi connectivity index (χ1) is 68.3. The van der Waals surface area contributed by atoms with E-state index in [0.717, 1.165) is 191 Å². The molecule has 140 heavy (non-hydrogen) atoms. The Morgan fingerprint density at radius 1 is 0.464 bits per heavy atom. The third kappa shape index (κ3) is 20.6. The molecule has 9 aliphatic rings. The summed E-state index contributed by atoms with van der Waals surface area (Å²) in [6.07, 6.45) is 17.2. The summed E-state index contributed by atoms with van der Waals surface area (Å²) < 4.78 is 46.1. The zero-order valence-electron chi connectivity index (χ0n) is 76.6. The molecule has 1 aliphatic carbocycles. The van der Waals surface area contributed by atoms with E-state index in [1.807, 2.05) is 26.8 Å². The summed E-state index contributed by atoms with van der Waals surface area (Å²) in [6.45, 7) is 17.6. The van der Waals surface area contributed by atoms with Gasteiger partial charge < -0.3 is 77.3 Å². The molecular weight excluding hydrogens is 1890 g/mol. The van der Waals surface area contributed by atoms with Gasteiger partial charge in [0.25, 0.3) is 29.5 Å². The van der Waals surface area contributed by atoms with Crippen LogP contribution in [-0.4, -0.2) is 250 Å². The van der Waals surface area contributed by atoms with Gasteiger partial charge in [0.05, 0.1) is 6.10 Å². The maximum absolute atomic E-state index is 13.6. The minimum absolute atomic E-state index is 0.00557. The number of anilines is 10. The normalized spacial score (nSPS) is 17.3. The van der Waals surface area contributed by atoms with Gasteiger partial charge in [-0.2, -0.15) is 0 Å². The Balaban J connectivity index is 0.000000108. The molecule has 2 atom stereocenters. The van der Waals surface area contributed by atoms with Crippen LogP contribution in [0.4, 0.5) is 70.7 Å². The van der Waals surface area contributed by atoms with Crippen LogP contribution in [0.25, 0.3) is 51.7 Å². The van der Waals surface area contributed by atoms with E-state index in [0.29, 0.717) is 154 Å². The second-order valence-corrected chi connectivity index (χ2v) is 40.5. The van der Waals surface area contributed by atoms with E-state index in [1.165, 1.54) is 111 Å². The Bertz CT molecular complexity index is 7130. The number of piperidine rings is 1. The lowest BCUT2D eigenvalue weighted by Gasteiger charge is -2.26. The number of fused-ring (bicyclic) bond motifs is 10. The zero-order valence-corrected chi connectivity index (χ0v) is 80.6. The second kappa shape index (κ2) is 42.1. The Morgan fingerprint density at radius 3 is 1.33 bits per heavy atom. The van der Waals surface area contributed by atoms with Crippen LogP contribution in [0.5, 0.6) is 0 Å². The average molecular weight is 1990 g/mol. The topological polar surface area (TPSA) is 438 Å². The first-order valence-corrected chi connectivity index (χ1v) is 50.9. The highest BCUT2D eigenvalue weighted by molar-refractivity contribution is 7.21. The first kappa shape index (κ1) is 94.4. The van der Waals surface area contributed by atoms with Gasteiger partial charge in [-0.3, -0.25) is 28.9 Å². The quantitative estimate of drug-likeness (QED) is 0.0285. The van der Waals surface area contributed by atoms with Crippen LogP contribution in [-0.2, 0) is 29.4 Å². The van der Waals surface area contributed by atoms with Crippen molar-refractivity contribution in [2.75, 3.05) is 142 Å². The molecule has 4 fully saturated rings. The maximum atomic E-state index is 13.6. The Morgan fingerprint density at radius 2 is 0.879 bits per heavy atom. The standard InChI is InChI=1S/C20H22FN7OS.C19H19FN6OS.C19H18FN5O2S.C19H20N6OS.C19H21N5O2S/c21-14-1-2-15-13(11-14)3-7-28(15)17-16-19(25-12-24-17)30-20(26-16)18(29)23-6-10-27-8-4-22-5-9-27;20-12-1-2-14-11(9-12)5-8-26(14)16-15-18(23-10-22-16)28-19(25-15)17(27)24-13-3-6-21-7-4-13;20-12-3-4-14-11(8-12)5-6-25(14)16-15-18(23-10-22-16)28-19(24-15)17(26)21-9-13-2-1-7-27-13;20-8-7-11-9-25(14-4-2-1-3-13(11)14)16-15-18(22-10-21-16)27-19(24-15)17(26)23-12-5-6-12;1-19(2)10-24(13-7-4-3-6-12(13)19)15-14-17(22-11-21-15)27-18(23-14)16(26)20-8-5-9-25/h1-2,11-12,22H,3-10H2,(H,23,29);1-2,9-10,13,21H,3-8H2,(H,24,27);3-4,8,10,13H,1-2,5-7,9H2,(H,21,26);1-4,10-12H,5-9,20H2,(H,23,26);3-4,6-7,11,25H,5,8-10H2,1-2H3,(H,20,26). The van der Waals surface area contributed by atoms with E-state index in [2.05, 4.69) is 177 Å². The molecule has 24 rings (SSSR count). The van der Waals surface area contributed by atoms with Crippen LogP contribution in [0.2, 0.25) is 0 Å². The number of aliphatic hydroxyl groups is 1. The molecular formula is C96H100F3N29O7S5. The smallest absolute Gasteiger partial charge is 0.280 e. The number of thiazole rings is 5. The molecule has 0 radical (unpaired) electrons. The molecule has 0 spiro atoms. The van der Waals surface area contributed by atoms with Gasteiger partial charge in [-0.1, -0.05) is 107 Å². The van der Waals surface area contributed by atoms with Crippen LogP contribution < -0.4 is 67.5 Å². The number of nitrogens with two attached hydrogens (primary N) is 1. The Kier molecular flexibility index (Phi) is 28.4. The third-order valence-electron chi connectivity index (χ3n) is 25.6. The SMILES string of the molecule is CC1(C)CN(c2ncnc3sc(C(=O)NCCCO)nc23)c2ccccc21.NCCC1CN(c2ncnc3sc(C(=O)NC4CC4)nc23)c2ccccc21.O=C(NC1CCNCC1)c1nc2c(N3CCc4cc(F)ccc43)ncnc2s1.O=C(NCC1CCCO1)c1nc2c(N3CCc4cc(F)ccc43)ncnc2s1.O=C(NCCN1CCNCC1)c1nc2c(N3CCc4cc(F)ccc43)ncnc2s1. The van der Waals surface area contributed by atoms with Crippen molar-refractivity contribution < 1.29 is 47.0 Å². The molecule has 15 aromatic rings. The van der Waals surface area contributed by atoms with Crippen LogP contribution in [0.15, 0.2) is 135 Å². The number of para-hydroxylation sites is 2. The van der Waals surface area contributed by atoms with Crippen LogP contribution >= 0.6 is 56.7 Å². The van der Waals surface area contributed by atoms with Gasteiger partial charge in [-0.25, -0.2) is 87.9 Å². The molecule has 10 aromatic heterocycles. The lowest BCUT2D eigenvalue weighted by atomic mass is 9.87. The van der Waals surface area contributed by atoms with Crippen LogP contribution in [0.1, 0.15) is 148 Å². The first-order valence-electron chi connectivity index (χ1n) is 46.8. The highest BCUT2D eigenvalue weighted by Crippen LogP contribution is 2.48. The monoisotopic (exact) mass is 1990 g/mol. The van der Waals surface area contributed by atoms with Crippen molar-refractivity contribution in [2.24, 2.45) is 5.73 Å². The Labute approximate surface area is 821 Å². The van der Waals surface area contributed by atoms with Gasteiger partial charge in [-0.15, -0.1) is 0 Å². The number of carbonyl (C=O) groups is 5. The van der Waals surface area contributed by atoms with E-state index in [9.17, 15) is 37.1 Å². The molecule has 8 aliphatic heterocycles. The van der Waals surface area contributed by atoms with E-state index in [-0.39, 0.29) is 71.2 Å². The fourth-order valence-corrected chi connectivity index (χ4v) is 22.7. The molecule has 10 N–H and O–H groups in total. The van der Waals surface area contributed by atoms with E-state index in [1.54, 1.807) is 42.7 Å². The summed E-state index contributed by atoms with van der Waals surface area (Å²) in [5, 5.41) is 32.1. The number of ether oxygens (including phenoxy) is 1. The predicted molar refractivity (Wildman–Crippen MR) is 535 cm³/mol. The largest absolute Gasteiger partial charge is 0.396 e. The number of hydrogen-bond acceptors (Lipinski definition) is 36. The van der Waals surface area contributed by atoms with Crippen LogP contribution in [0, 0.1) is 17.5 Å². The lowest BCUT2D eigenvalue weighted by Crippen LogP contribution is -2.46. The van der Waals surface area contributed by atoms with E-state index >= 15 is 0 Å². The molecule has 1 saturated carbocycles. The molecule has 3 saturated heterocycles. The fourth-order valence-electron chi connectivity index (χ4n) is 18.6. The van der Waals surface area contributed by atoms with Crippen molar-refractivity contribution in [1.82, 2.24) is 117 Å². The summed E-state index contributed by atoms with van der Waals surface area (Å²) in [5.74, 6) is 2.14. The highest BCUT2D eigenvalue weighted by atomic mass is 32.1. The average Bonchev–Trinajstić information content (AvgIpc) is 1.62. The zero-order chi connectivity index (χ0) is 96.1. The maximum Gasteiger partial charge on any atom is 0.280 e. The van der Waals surface area contributed by atoms with Crippen molar-refractivity contribution in [3.63, 3.8) is 0 Å². The predicted octanol–water partition coefficient (Wildman–Crippen LogP) is 12.0. The van der Waals surface area contributed by atoms with Gasteiger partial charge in [0, 0.05) is 150 Å². The lowest BCUT2D eigenvalue weighted by molar-refractivity contribution is 0.0856. The number of nitrogens with one attached hydrogen (secondary N) is 7. The number of halogens is 3. The molecule has 5 aromatic carbocycles. The molecule has 2 unspecified atom stereocenters. The molecule has 722 valence electrons. The van der Waals surface area contributed by atoms with Gasteiger partial charge in [0.1, 0.15) is 101 Å². The van der Waals surface area contributed by atoms with Gasteiger partial charge in [-0.05, 0) is 185 Å². The number of amides is 5. The van der Waals surface area contributed by atoms with E-state index < -0.39 is 0 Å². The number of piperazine rings is 1. The summed E-state index contributed by atoms with van der Waals surface area (Å²) >= 11 is 6.35. The minimum atomic E-state index is -0.250. The Hall–Kier alpha value is -13.2. The van der Waals surface area contributed by atoms with Gasteiger partial charge in [0.15, 0.2) is 54.1 Å². The molecule has 18 heterocycles. The second-order valence-electron chi connectivity index (χ2n) is 35.6. The highest BCUT2D eigenvalue weighted by Gasteiger charge is 2.40. The van der Waals surface area contributed by atoms with E-state index in [4.69, 9.17) is 15.6 Å². The number of carbonyl (C=O) groups excluding carboxylic acids is 5. The number of hydrogen-bond donors (Lipinski definition) is 9. The van der Waals surface area contributed by atoms with Crippen molar-refractivity contribution in [1.29, 1.82) is 0 Å². The number of aliphatic hydroxyl groups excluding tert-OH is 1. The van der Waals surface area contributed by atoms with Crippen molar-refractivity contribution in [3.8, 4) is 0 Å². The summed E-state index contributed by atoms with van der Waals surface area (Å²) in [7, 11) is 0. The molecule has 5 amide bonds. The summed E-state index contributed by atoms with van der Waals surface area (Å²) in [5.41, 5.74) is 19.4. The van der Waals surface area contributed by atoms with Crippen molar-refractivity contribution >= 4 is 195 Å². The summed E-state index contributed by atoms with van der Waals surface area (Å²) in [4.78, 5) is 145. The minimum Gasteiger partial charge on any atom is -0.396 e. The number of rotatable bonds is 22. The van der Waals surface area contributed by atoms with Crippen LogP contribution in [0.3, 0.4) is 0 Å². The molecule has 0 bridgehead atoms. The van der Waals surface area contributed by atoms with Crippen molar-refractivity contribution in [2.45, 2.75) is 114 Å². The number of aromatic nitrogens is 15. The fraction of sp³-hybridized carbons (Fsp3) is 0.375.